The highest BCUT2D eigenvalue weighted by molar-refractivity contribution is 5.78. The highest BCUT2D eigenvalue weighted by Gasteiger charge is 2.44. The zero-order valence-corrected chi connectivity index (χ0v) is 18.5. The minimum absolute atomic E-state index is 0.131. The third kappa shape index (κ3) is 4.90. The van der Waals surface area contributed by atoms with Crippen LogP contribution in [0.2, 0.25) is 0 Å². The van der Waals surface area contributed by atoms with Gasteiger partial charge in [-0.2, -0.15) is 0 Å². The Kier molecular flexibility index (Phi) is 6.46. The molecule has 31 heavy (non-hydrogen) atoms. The number of rotatable bonds is 5. The second kappa shape index (κ2) is 9.45. The van der Waals surface area contributed by atoms with E-state index in [9.17, 15) is 4.79 Å². The molecule has 4 fully saturated rings. The lowest BCUT2D eigenvalue weighted by Gasteiger charge is -2.34. The molecule has 0 saturated carbocycles. The molecule has 4 aliphatic heterocycles. The van der Waals surface area contributed by atoms with Crippen molar-refractivity contribution in [1.29, 1.82) is 0 Å². The molecule has 0 radical (unpaired) electrons. The molecule has 1 aromatic carbocycles. The van der Waals surface area contributed by atoms with Crippen LogP contribution >= 0.6 is 0 Å². The third-order valence-electron chi connectivity index (χ3n) is 7.10. The minimum atomic E-state index is -0.252. The number of carbonyl (C=O) groups excluding carboxylic acids is 1. The Bertz CT molecular complexity index is 769. The summed E-state index contributed by atoms with van der Waals surface area (Å²) >= 11 is 0. The standard InChI is InChI=1S/C24H35N3O4/c28-23-6-3-9-27(23)17-21-7-8-24(31-21)18-25(10-13-30-19-24)16-20-4-1-2-5-22(20)26-11-14-29-15-12-26/h1-2,4-5,21H,3,6-19H2/t21-,24-/m0/s1. The molecule has 0 aliphatic carbocycles. The first kappa shape index (κ1) is 21.2. The van der Waals surface area contributed by atoms with Crippen molar-refractivity contribution in [3.8, 4) is 0 Å². The monoisotopic (exact) mass is 429 g/mol. The molecule has 7 heteroatoms. The maximum absolute atomic E-state index is 12.0. The number of amides is 1. The van der Waals surface area contributed by atoms with E-state index >= 15 is 0 Å². The van der Waals surface area contributed by atoms with Gasteiger partial charge in [-0.3, -0.25) is 9.69 Å². The quantitative estimate of drug-likeness (QED) is 0.713. The number of benzene rings is 1. The number of para-hydroxylation sites is 1. The van der Waals surface area contributed by atoms with E-state index in [0.717, 1.165) is 84.9 Å². The van der Waals surface area contributed by atoms with Crippen LogP contribution in [0.4, 0.5) is 5.69 Å². The summed E-state index contributed by atoms with van der Waals surface area (Å²) in [5, 5.41) is 0. The molecule has 0 bridgehead atoms. The van der Waals surface area contributed by atoms with Crippen molar-refractivity contribution in [2.75, 3.05) is 70.6 Å². The first-order chi connectivity index (χ1) is 15.2. The number of nitrogens with zero attached hydrogens (tertiary/aromatic N) is 3. The molecule has 1 amide bonds. The van der Waals surface area contributed by atoms with E-state index in [0.29, 0.717) is 13.0 Å². The van der Waals surface area contributed by atoms with Gasteiger partial charge in [0, 0.05) is 57.9 Å². The number of hydrogen-bond donors (Lipinski definition) is 0. The Morgan fingerprint density at radius 2 is 1.87 bits per heavy atom. The zero-order valence-electron chi connectivity index (χ0n) is 18.5. The summed E-state index contributed by atoms with van der Waals surface area (Å²) in [6, 6.07) is 8.75. The molecule has 0 N–H and O–H groups in total. The first-order valence-electron chi connectivity index (χ1n) is 11.9. The van der Waals surface area contributed by atoms with E-state index < -0.39 is 0 Å². The number of carbonyl (C=O) groups is 1. The largest absolute Gasteiger partial charge is 0.378 e. The number of anilines is 1. The van der Waals surface area contributed by atoms with E-state index in [1.165, 1.54) is 11.3 Å². The summed E-state index contributed by atoms with van der Waals surface area (Å²) in [5.41, 5.74) is 2.43. The summed E-state index contributed by atoms with van der Waals surface area (Å²) in [6.07, 6.45) is 3.81. The normalized spacial score (nSPS) is 30.3. The van der Waals surface area contributed by atoms with Gasteiger partial charge in [0.2, 0.25) is 5.91 Å². The third-order valence-corrected chi connectivity index (χ3v) is 7.10. The van der Waals surface area contributed by atoms with Gasteiger partial charge in [-0.25, -0.2) is 0 Å². The Morgan fingerprint density at radius 1 is 1.03 bits per heavy atom. The summed E-state index contributed by atoms with van der Waals surface area (Å²) in [6.45, 7) is 9.19. The highest BCUT2D eigenvalue weighted by atomic mass is 16.6. The number of morpholine rings is 1. The van der Waals surface area contributed by atoms with Crippen LogP contribution in [0.25, 0.3) is 0 Å². The molecule has 1 aromatic rings. The fourth-order valence-corrected chi connectivity index (χ4v) is 5.51. The van der Waals surface area contributed by atoms with Crippen molar-refractivity contribution in [3.05, 3.63) is 29.8 Å². The molecule has 4 saturated heterocycles. The topological polar surface area (TPSA) is 54.5 Å². The molecule has 4 aliphatic rings. The minimum Gasteiger partial charge on any atom is -0.378 e. The van der Waals surface area contributed by atoms with Crippen LogP contribution < -0.4 is 4.90 Å². The molecular weight excluding hydrogens is 394 g/mol. The molecular formula is C24H35N3O4. The average molecular weight is 430 g/mol. The van der Waals surface area contributed by atoms with E-state index in [1.54, 1.807) is 0 Å². The van der Waals surface area contributed by atoms with Crippen molar-refractivity contribution >= 4 is 11.6 Å². The molecule has 1 spiro atoms. The van der Waals surface area contributed by atoms with Gasteiger partial charge in [-0.15, -0.1) is 0 Å². The van der Waals surface area contributed by atoms with Crippen molar-refractivity contribution < 1.29 is 19.0 Å². The van der Waals surface area contributed by atoms with E-state index in [4.69, 9.17) is 14.2 Å². The predicted molar refractivity (Wildman–Crippen MR) is 118 cm³/mol. The van der Waals surface area contributed by atoms with Crippen LogP contribution in [-0.4, -0.2) is 93.1 Å². The second-order valence-corrected chi connectivity index (χ2v) is 9.40. The molecule has 7 nitrogen and oxygen atoms in total. The van der Waals surface area contributed by atoms with Crippen molar-refractivity contribution in [2.45, 2.75) is 43.9 Å². The summed E-state index contributed by atoms with van der Waals surface area (Å²) < 4.78 is 18.2. The Labute approximate surface area is 185 Å². The maximum Gasteiger partial charge on any atom is 0.222 e. The molecule has 0 unspecified atom stereocenters. The molecule has 4 heterocycles. The number of ether oxygens (including phenoxy) is 3. The molecule has 5 rings (SSSR count). The van der Waals surface area contributed by atoms with Gasteiger partial charge in [0.1, 0.15) is 5.60 Å². The van der Waals surface area contributed by atoms with Crippen molar-refractivity contribution in [2.24, 2.45) is 0 Å². The SMILES string of the molecule is O=C1CCCN1C[C@@H]1CC[C@]2(COCCN(Cc3ccccc3N3CCOCC3)C2)O1. The van der Waals surface area contributed by atoms with Crippen LogP contribution in [0.1, 0.15) is 31.2 Å². The molecule has 170 valence electrons. The van der Waals surface area contributed by atoms with Gasteiger partial charge in [0.25, 0.3) is 0 Å². The lowest BCUT2D eigenvalue weighted by atomic mass is 9.99. The zero-order chi connectivity index (χ0) is 21.1. The Morgan fingerprint density at radius 3 is 2.71 bits per heavy atom. The molecule has 0 aromatic heterocycles. The predicted octanol–water partition coefficient (Wildman–Crippen LogP) is 1.90. The van der Waals surface area contributed by atoms with Crippen molar-refractivity contribution in [3.63, 3.8) is 0 Å². The van der Waals surface area contributed by atoms with Gasteiger partial charge >= 0.3 is 0 Å². The van der Waals surface area contributed by atoms with Crippen LogP contribution in [0.5, 0.6) is 0 Å². The Hall–Kier alpha value is -1.67. The lowest BCUT2D eigenvalue weighted by Crippen LogP contribution is -2.45. The first-order valence-corrected chi connectivity index (χ1v) is 11.9. The van der Waals surface area contributed by atoms with Gasteiger partial charge in [-0.1, -0.05) is 18.2 Å². The summed E-state index contributed by atoms with van der Waals surface area (Å²) in [5.74, 6) is 0.281. The van der Waals surface area contributed by atoms with Gasteiger partial charge in [-0.05, 0) is 30.9 Å². The van der Waals surface area contributed by atoms with E-state index in [1.807, 2.05) is 4.90 Å². The van der Waals surface area contributed by atoms with Crippen molar-refractivity contribution in [1.82, 2.24) is 9.80 Å². The van der Waals surface area contributed by atoms with Gasteiger partial charge in [0.15, 0.2) is 0 Å². The summed E-state index contributed by atoms with van der Waals surface area (Å²) in [4.78, 5) is 19.0. The number of likely N-dealkylation sites (tertiary alicyclic amines) is 1. The van der Waals surface area contributed by atoms with Gasteiger partial charge < -0.3 is 24.0 Å². The van der Waals surface area contributed by atoms with E-state index in [-0.39, 0.29) is 17.6 Å². The van der Waals surface area contributed by atoms with E-state index in [2.05, 4.69) is 34.1 Å². The lowest BCUT2D eigenvalue weighted by molar-refractivity contribution is -0.132. The maximum atomic E-state index is 12.0. The van der Waals surface area contributed by atoms with Crippen LogP contribution in [0, 0.1) is 0 Å². The second-order valence-electron chi connectivity index (χ2n) is 9.40. The Balaban J connectivity index is 1.25. The fraction of sp³-hybridized carbons (Fsp3) is 0.708. The van der Waals surface area contributed by atoms with Gasteiger partial charge in [0.05, 0.1) is 32.5 Å². The summed E-state index contributed by atoms with van der Waals surface area (Å²) in [7, 11) is 0. The average Bonchev–Trinajstić information content (AvgIpc) is 3.32. The highest BCUT2D eigenvalue weighted by Crippen LogP contribution is 2.35. The smallest absolute Gasteiger partial charge is 0.222 e. The fourth-order valence-electron chi connectivity index (χ4n) is 5.51. The van der Waals surface area contributed by atoms with Crippen LogP contribution in [0.15, 0.2) is 24.3 Å². The van der Waals surface area contributed by atoms with Crippen LogP contribution in [0.3, 0.4) is 0 Å². The molecule has 2 atom stereocenters. The van der Waals surface area contributed by atoms with Crippen LogP contribution in [-0.2, 0) is 25.5 Å². The number of hydrogen-bond acceptors (Lipinski definition) is 6.